The Balaban J connectivity index is 1.90. The van der Waals surface area contributed by atoms with Gasteiger partial charge < -0.3 is 16.1 Å². The van der Waals surface area contributed by atoms with Gasteiger partial charge >= 0.3 is 6.92 Å². The summed E-state index contributed by atoms with van der Waals surface area (Å²) in [7, 11) is 1.56. The molecule has 0 unspecified atom stereocenters. The highest BCUT2D eigenvalue weighted by atomic mass is 16.2. The number of carbonyl (C=O) groups excluding carboxylic acids is 1. The zero-order valence-corrected chi connectivity index (χ0v) is 16.0. The van der Waals surface area contributed by atoms with Crippen molar-refractivity contribution in [2.75, 3.05) is 12.8 Å². The van der Waals surface area contributed by atoms with Gasteiger partial charge in [-0.15, -0.1) is 0 Å². The molecule has 0 aliphatic rings. The maximum absolute atomic E-state index is 11.9. The number of anilines is 1. The van der Waals surface area contributed by atoms with E-state index in [0.717, 1.165) is 27.7 Å². The minimum absolute atomic E-state index is 0.262. The molecule has 0 bridgehead atoms. The summed E-state index contributed by atoms with van der Waals surface area (Å²) in [6.45, 7) is 1.08. The second-order valence-corrected chi connectivity index (χ2v) is 6.71. The second kappa shape index (κ2) is 7.36. The molecule has 2 heterocycles. The van der Waals surface area contributed by atoms with Gasteiger partial charge in [-0.2, -0.15) is 15.3 Å². The highest BCUT2D eigenvalue weighted by molar-refractivity contribution is 6.64. The second-order valence-electron chi connectivity index (χ2n) is 6.71. The molecule has 4 aromatic rings. The highest BCUT2D eigenvalue weighted by Crippen LogP contribution is 2.29. The summed E-state index contributed by atoms with van der Waals surface area (Å²) >= 11 is 0. The molecule has 0 aliphatic carbocycles. The molecule has 0 radical (unpaired) electrons. The van der Waals surface area contributed by atoms with Crippen LogP contribution >= 0.6 is 0 Å². The SMILES string of the molecule is CNC(=O)c1ccn(-c2ccc(B(C)O)cc2-c2ccc3c(N)cnnc3c2)n1. The van der Waals surface area contributed by atoms with E-state index in [1.807, 2.05) is 36.4 Å². The number of nitrogen functional groups attached to an aromatic ring is 1. The first-order valence-corrected chi connectivity index (χ1v) is 9.09. The molecule has 9 heteroatoms. The van der Waals surface area contributed by atoms with Crippen LogP contribution in [0.25, 0.3) is 27.7 Å². The summed E-state index contributed by atoms with van der Waals surface area (Å²) in [6, 6.07) is 13.0. The number of carbonyl (C=O) groups is 1. The summed E-state index contributed by atoms with van der Waals surface area (Å²) < 4.78 is 1.64. The Morgan fingerprint density at radius 2 is 2.03 bits per heavy atom. The van der Waals surface area contributed by atoms with Gasteiger partial charge in [0.2, 0.25) is 0 Å². The Labute approximate surface area is 167 Å². The van der Waals surface area contributed by atoms with Crippen LogP contribution in [0.5, 0.6) is 0 Å². The molecular formula is C20H19BN6O2. The Hall–Kier alpha value is -3.72. The summed E-state index contributed by atoms with van der Waals surface area (Å²) in [5.74, 6) is -0.262. The van der Waals surface area contributed by atoms with E-state index in [1.54, 1.807) is 30.8 Å². The molecule has 0 fully saturated rings. The molecule has 0 spiro atoms. The number of benzene rings is 2. The van der Waals surface area contributed by atoms with Crippen LogP contribution in [-0.4, -0.2) is 44.9 Å². The lowest BCUT2D eigenvalue weighted by Crippen LogP contribution is -2.26. The van der Waals surface area contributed by atoms with Gasteiger partial charge in [0, 0.05) is 24.2 Å². The number of nitrogens with one attached hydrogen (secondary N) is 1. The van der Waals surface area contributed by atoms with Gasteiger partial charge in [-0.05, 0) is 35.3 Å². The summed E-state index contributed by atoms with van der Waals surface area (Å²) in [4.78, 5) is 11.9. The van der Waals surface area contributed by atoms with Crippen molar-refractivity contribution in [2.45, 2.75) is 6.82 Å². The van der Waals surface area contributed by atoms with Crippen LogP contribution in [0.2, 0.25) is 6.82 Å². The van der Waals surface area contributed by atoms with E-state index >= 15 is 0 Å². The fourth-order valence-corrected chi connectivity index (χ4v) is 3.20. The molecule has 0 atom stereocenters. The minimum Gasteiger partial charge on any atom is -0.447 e. The van der Waals surface area contributed by atoms with E-state index in [0.29, 0.717) is 16.9 Å². The van der Waals surface area contributed by atoms with Gasteiger partial charge in [0.05, 0.1) is 23.1 Å². The Morgan fingerprint density at radius 1 is 1.21 bits per heavy atom. The number of hydrogen-bond acceptors (Lipinski definition) is 6. The van der Waals surface area contributed by atoms with Crippen molar-refractivity contribution in [3.8, 4) is 16.8 Å². The number of aromatic nitrogens is 4. The van der Waals surface area contributed by atoms with Gasteiger partial charge in [0.1, 0.15) is 0 Å². The summed E-state index contributed by atoms with van der Waals surface area (Å²) in [6.07, 6.45) is 3.25. The van der Waals surface area contributed by atoms with Gasteiger partial charge in [-0.3, -0.25) is 4.79 Å². The molecule has 2 aromatic heterocycles. The van der Waals surface area contributed by atoms with Crippen molar-refractivity contribution in [3.63, 3.8) is 0 Å². The lowest BCUT2D eigenvalue weighted by atomic mass is 9.64. The lowest BCUT2D eigenvalue weighted by Gasteiger charge is -2.13. The van der Waals surface area contributed by atoms with Crippen LogP contribution in [0, 0.1) is 0 Å². The van der Waals surface area contributed by atoms with Crippen LogP contribution in [0.1, 0.15) is 10.5 Å². The standard InChI is InChI=1S/C20H19BN6O2/c1-21(29)13-4-6-19(27-8-7-17(26-27)20(28)23-2)15(10-13)12-3-5-14-16(22)11-24-25-18(14)9-12/h3-11,29H,1-2H3,(H2,22,25)(H,23,28). The Morgan fingerprint density at radius 3 is 2.79 bits per heavy atom. The first-order chi connectivity index (χ1) is 14.0. The molecule has 144 valence electrons. The van der Waals surface area contributed by atoms with E-state index in [4.69, 9.17) is 5.73 Å². The number of nitrogens with zero attached hydrogens (tertiary/aromatic N) is 4. The maximum atomic E-state index is 11.9. The topological polar surface area (TPSA) is 119 Å². The zero-order chi connectivity index (χ0) is 20.5. The van der Waals surface area contributed by atoms with E-state index in [2.05, 4.69) is 20.6 Å². The van der Waals surface area contributed by atoms with E-state index in [9.17, 15) is 9.82 Å². The van der Waals surface area contributed by atoms with Gasteiger partial charge in [0.15, 0.2) is 5.69 Å². The van der Waals surface area contributed by atoms with Crippen LogP contribution in [0.15, 0.2) is 54.9 Å². The number of rotatable bonds is 4. The zero-order valence-electron chi connectivity index (χ0n) is 16.0. The van der Waals surface area contributed by atoms with Crippen molar-refractivity contribution in [1.29, 1.82) is 0 Å². The normalized spacial score (nSPS) is 10.9. The third-order valence-corrected chi connectivity index (χ3v) is 4.78. The van der Waals surface area contributed by atoms with E-state index in [-0.39, 0.29) is 5.91 Å². The molecule has 29 heavy (non-hydrogen) atoms. The fourth-order valence-electron chi connectivity index (χ4n) is 3.20. The van der Waals surface area contributed by atoms with Crippen molar-refractivity contribution >= 4 is 34.9 Å². The number of hydrogen-bond donors (Lipinski definition) is 3. The number of amides is 1. The Kier molecular flexibility index (Phi) is 4.73. The van der Waals surface area contributed by atoms with Crippen molar-refractivity contribution < 1.29 is 9.82 Å². The van der Waals surface area contributed by atoms with Gasteiger partial charge in [0.25, 0.3) is 5.91 Å². The number of nitrogens with two attached hydrogens (primary N) is 1. The Bertz CT molecular complexity index is 1220. The number of fused-ring (bicyclic) bond motifs is 1. The minimum atomic E-state index is -0.627. The molecule has 2 aromatic carbocycles. The largest absolute Gasteiger partial charge is 0.447 e. The fraction of sp³-hybridized carbons (Fsp3) is 0.100. The van der Waals surface area contributed by atoms with Crippen LogP contribution < -0.4 is 16.5 Å². The van der Waals surface area contributed by atoms with Gasteiger partial charge in [-0.25, -0.2) is 4.68 Å². The molecular weight excluding hydrogens is 367 g/mol. The maximum Gasteiger partial charge on any atom is 0.320 e. The third-order valence-electron chi connectivity index (χ3n) is 4.78. The van der Waals surface area contributed by atoms with Crippen LogP contribution in [-0.2, 0) is 0 Å². The summed E-state index contributed by atoms with van der Waals surface area (Å²) in [5.41, 5.74) is 10.8. The van der Waals surface area contributed by atoms with Crippen LogP contribution in [0.3, 0.4) is 0 Å². The first-order valence-electron chi connectivity index (χ1n) is 9.09. The third kappa shape index (κ3) is 3.43. The molecule has 4 rings (SSSR count). The molecule has 0 saturated carbocycles. The molecule has 4 N–H and O–H groups in total. The van der Waals surface area contributed by atoms with Crippen molar-refractivity contribution in [1.82, 2.24) is 25.3 Å². The van der Waals surface area contributed by atoms with E-state index in [1.165, 1.54) is 6.20 Å². The average Bonchev–Trinajstić information content (AvgIpc) is 3.22. The molecule has 8 nitrogen and oxygen atoms in total. The average molecular weight is 386 g/mol. The van der Waals surface area contributed by atoms with E-state index < -0.39 is 6.92 Å². The lowest BCUT2D eigenvalue weighted by molar-refractivity contribution is 0.0957. The first kappa shape index (κ1) is 18.6. The molecule has 0 saturated heterocycles. The smallest absolute Gasteiger partial charge is 0.320 e. The van der Waals surface area contributed by atoms with Crippen molar-refractivity contribution in [2.24, 2.45) is 0 Å². The summed E-state index contributed by atoms with van der Waals surface area (Å²) in [5, 5.41) is 25.9. The van der Waals surface area contributed by atoms with Gasteiger partial charge in [-0.1, -0.05) is 25.0 Å². The van der Waals surface area contributed by atoms with Crippen LogP contribution in [0.4, 0.5) is 5.69 Å². The monoisotopic (exact) mass is 386 g/mol. The molecule has 0 aliphatic heterocycles. The quantitative estimate of drug-likeness (QED) is 0.454. The predicted molar refractivity (Wildman–Crippen MR) is 113 cm³/mol. The highest BCUT2D eigenvalue weighted by Gasteiger charge is 2.16. The molecule has 1 amide bonds. The predicted octanol–water partition coefficient (Wildman–Crippen LogP) is 1.24. The van der Waals surface area contributed by atoms with Crippen molar-refractivity contribution in [3.05, 3.63) is 60.6 Å².